The van der Waals surface area contributed by atoms with Crippen LogP contribution >= 0.6 is 11.3 Å². The minimum absolute atomic E-state index is 0.0112. The van der Waals surface area contributed by atoms with Crippen LogP contribution in [0.4, 0.5) is 22.2 Å². The van der Waals surface area contributed by atoms with Crippen molar-refractivity contribution in [2.75, 3.05) is 11.1 Å². The molecule has 3 N–H and O–H groups in total. The maximum atomic E-state index is 12.1. The first-order valence-corrected chi connectivity index (χ1v) is 8.79. The Labute approximate surface area is 158 Å². The molecule has 1 aromatic heterocycles. The number of nitrogens with one attached hydrogen (secondary N) is 1. The molecule has 0 unspecified atom stereocenters. The van der Waals surface area contributed by atoms with Gasteiger partial charge in [0.05, 0.1) is 16.2 Å². The molecule has 8 nitrogen and oxygen atoms in total. The summed E-state index contributed by atoms with van der Waals surface area (Å²) in [7, 11) is 0. The fourth-order valence-electron chi connectivity index (χ4n) is 2.24. The number of nitrogens with zero attached hydrogens (tertiary/aromatic N) is 2. The third kappa shape index (κ3) is 4.59. The Bertz CT molecular complexity index is 985. The molecule has 3 aromatic rings. The Kier molecular flexibility index (Phi) is 5.32. The van der Waals surface area contributed by atoms with Gasteiger partial charge in [0.15, 0.2) is 5.13 Å². The number of benzene rings is 2. The topological polar surface area (TPSA) is 120 Å². The first-order valence-electron chi connectivity index (χ1n) is 7.91. The van der Waals surface area contributed by atoms with Crippen LogP contribution in [-0.2, 0) is 11.3 Å². The van der Waals surface area contributed by atoms with E-state index in [0.717, 1.165) is 17.3 Å². The van der Waals surface area contributed by atoms with Gasteiger partial charge in [-0.05, 0) is 31.2 Å². The molecule has 2 aromatic carbocycles. The summed E-state index contributed by atoms with van der Waals surface area (Å²) >= 11 is 1.39. The number of nitro benzene ring substituents is 1. The summed E-state index contributed by atoms with van der Waals surface area (Å²) in [6.45, 7) is 1.97. The number of hydrogen-bond donors (Lipinski definition) is 2. The van der Waals surface area contributed by atoms with Gasteiger partial charge in [-0.3, -0.25) is 10.1 Å². The molecule has 1 heterocycles. The third-order valence-electron chi connectivity index (χ3n) is 3.67. The summed E-state index contributed by atoms with van der Waals surface area (Å²) < 4.78 is 5.18. The minimum Gasteiger partial charge on any atom is -0.456 e. The smallest absolute Gasteiger partial charge is 0.338 e. The van der Waals surface area contributed by atoms with Crippen LogP contribution in [0, 0.1) is 17.0 Å². The molecular formula is C18H16N4O4S. The largest absolute Gasteiger partial charge is 0.456 e. The number of anilines is 3. The first kappa shape index (κ1) is 18.3. The highest BCUT2D eigenvalue weighted by molar-refractivity contribution is 7.13. The number of ether oxygens (including phenoxy) is 1. The van der Waals surface area contributed by atoms with E-state index in [1.165, 1.54) is 23.5 Å². The van der Waals surface area contributed by atoms with Gasteiger partial charge in [-0.25, -0.2) is 9.78 Å². The van der Waals surface area contributed by atoms with Crippen molar-refractivity contribution < 1.29 is 14.5 Å². The quantitative estimate of drug-likeness (QED) is 0.285. The van der Waals surface area contributed by atoms with Crippen LogP contribution in [0.1, 0.15) is 21.6 Å². The van der Waals surface area contributed by atoms with Gasteiger partial charge in [0.1, 0.15) is 12.3 Å². The highest BCUT2D eigenvalue weighted by atomic mass is 32.1. The van der Waals surface area contributed by atoms with Crippen molar-refractivity contribution in [1.82, 2.24) is 4.98 Å². The Morgan fingerprint density at radius 1 is 1.30 bits per heavy atom. The van der Waals surface area contributed by atoms with E-state index < -0.39 is 10.9 Å². The molecule has 0 saturated carbocycles. The van der Waals surface area contributed by atoms with Crippen molar-refractivity contribution in [1.29, 1.82) is 0 Å². The molecule has 0 aliphatic rings. The summed E-state index contributed by atoms with van der Waals surface area (Å²) in [5.74, 6) is -0.681. The number of hydrogen-bond acceptors (Lipinski definition) is 8. The van der Waals surface area contributed by atoms with Crippen molar-refractivity contribution in [2.45, 2.75) is 13.5 Å². The van der Waals surface area contributed by atoms with E-state index in [1.807, 2.05) is 31.2 Å². The average Bonchev–Trinajstić information content (AvgIpc) is 3.09. The molecule has 138 valence electrons. The zero-order chi connectivity index (χ0) is 19.4. The SMILES string of the molecule is Cc1ccc(Nc2nc(COC(=O)c3ccc(N)c([N+](=O)[O-])c3)cs2)cc1. The fraction of sp³-hybridized carbons (Fsp3) is 0.111. The number of thiazole rings is 1. The lowest BCUT2D eigenvalue weighted by molar-refractivity contribution is -0.383. The van der Waals surface area contributed by atoms with Gasteiger partial charge in [-0.15, -0.1) is 11.3 Å². The number of nitrogens with two attached hydrogens (primary N) is 1. The lowest BCUT2D eigenvalue weighted by Gasteiger charge is -2.04. The average molecular weight is 384 g/mol. The predicted octanol–water partition coefficient (Wildman–Crippen LogP) is 4.04. The summed E-state index contributed by atoms with van der Waals surface area (Å²) in [4.78, 5) is 26.7. The van der Waals surface area contributed by atoms with Crippen molar-refractivity contribution in [3.8, 4) is 0 Å². The number of carbonyl (C=O) groups is 1. The summed E-state index contributed by atoms with van der Waals surface area (Å²) in [5.41, 5.74) is 7.89. The zero-order valence-electron chi connectivity index (χ0n) is 14.3. The molecule has 0 spiro atoms. The summed E-state index contributed by atoms with van der Waals surface area (Å²) in [5, 5.41) is 16.5. The molecule has 0 aliphatic carbocycles. The monoisotopic (exact) mass is 384 g/mol. The zero-order valence-corrected chi connectivity index (χ0v) is 15.2. The lowest BCUT2D eigenvalue weighted by Crippen LogP contribution is -2.07. The standard InChI is InChI=1S/C18H16N4O4S/c1-11-2-5-13(6-3-11)20-18-21-14(10-27-18)9-26-17(23)12-4-7-15(19)16(8-12)22(24)25/h2-8,10H,9,19H2,1H3,(H,20,21). The second-order valence-corrected chi connectivity index (χ2v) is 6.60. The van der Waals surface area contributed by atoms with E-state index in [2.05, 4.69) is 10.3 Å². The van der Waals surface area contributed by atoms with Crippen LogP contribution < -0.4 is 11.1 Å². The molecule has 0 fully saturated rings. The van der Waals surface area contributed by atoms with E-state index in [4.69, 9.17) is 10.5 Å². The van der Waals surface area contributed by atoms with Crippen molar-refractivity contribution in [3.05, 3.63) is 74.8 Å². The summed E-state index contributed by atoms with van der Waals surface area (Å²) in [6, 6.07) is 11.7. The van der Waals surface area contributed by atoms with Gasteiger partial charge < -0.3 is 15.8 Å². The molecular weight excluding hydrogens is 368 g/mol. The Balaban J connectivity index is 1.61. The number of aromatic nitrogens is 1. The van der Waals surface area contributed by atoms with Crippen LogP contribution in [0.15, 0.2) is 47.8 Å². The first-order chi connectivity index (χ1) is 12.9. The van der Waals surface area contributed by atoms with Gasteiger partial charge in [0.25, 0.3) is 5.69 Å². The van der Waals surface area contributed by atoms with Crippen LogP contribution in [0.3, 0.4) is 0 Å². The van der Waals surface area contributed by atoms with Crippen LogP contribution in [-0.4, -0.2) is 15.9 Å². The number of esters is 1. The second-order valence-electron chi connectivity index (χ2n) is 5.74. The van der Waals surface area contributed by atoms with Gasteiger partial charge in [0, 0.05) is 17.1 Å². The van der Waals surface area contributed by atoms with Crippen molar-refractivity contribution >= 4 is 39.5 Å². The number of carbonyl (C=O) groups excluding carboxylic acids is 1. The molecule has 0 atom stereocenters. The van der Waals surface area contributed by atoms with Crippen molar-refractivity contribution in [2.24, 2.45) is 0 Å². The van der Waals surface area contributed by atoms with E-state index in [9.17, 15) is 14.9 Å². The predicted molar refractivity (Wildman–Crippen MR) is 103 cm³/mol. The lowest BCUT2D eigenvalue weighted by atomic mass is 10.2. The van der Waals surface area contributed by atoms with Gasteiger partial charge in [-0.1, -0.05) is 17.7 Å². The van der Waals surface area contributed by atoms with Crippen LogP contribution in [0.2, 0.25) is 0 Å². The Hall–Kier alpha value is -3.46. The van der Waals surface area contributed by atoms with Gasteiger partial charge in [-0.2, -0.15) is 0 Å². The van der Waals surface area contributed by atoms with E-state index in [1.54, 1.807) is 5.38 Å². The maximum absolute atomic E-state index is 12.1. The van der Waals surface area contributed by atoms with E-state index in [-0.39, 0.29) is 23.5 Å². The van der Waals surface area contributed by atoms with Crippen molar-refractivity contribution in [3.63, 3.8) is 0 Å². The molecule has 0 amide bonds. The van der Waals surface area contributed by atoms with E-state index >= 15 is 0 Å². The minimum atomic E-state index is -0.681. The van der Waals surface area contributed by atoms with Gasteiger partial charge in [0.2, 0.25) is 0 Å². The Morgan fingerprint density at radius 3 is 2.74 bits per heavy atom. The molecule has 9 heteroatoms. The number of rotatable bonds is 6. The number of nitrogen functional groups attached to an aromatic ring is 1. The normalized spacial score (nSPS) is 10.4. The summed E-state index contributed by atoms with van der Waals surface area (Å²) in [6.07, 6.45) is 0. The Morgan fingerprint density at radius 2 is 2.04 bits per heavy atom. The molecule has 0 bridgehead atoms. The van der Waals surface area contributed by atoms with Crippen LogP contribution in [0.5, 0.6) is 0 Å². The molecule has 0 saturated heterocycles. The molecule has 0 aliphatic heterocycles. The number of nitro groups is 1. The van der Waals surface area contributed by atoms with Gasteiger partial charge >= 0.3 is 5.97 Å². The number of aryl methyl sites for hydroxylation is 1. The second kappa shape index (κ2) is 7.83. The molecule has 27 heavy (non-hydrogen) atoms. The maximum Gasteiger partial charge on any atom is 0.338 e. The fourth-order valence-corrected chi connectivity index (χ4v) is 2.96. The highest BCUT2D eigenvalue weighted by Gasteiger charge is 2.17. The van der Waals surface area contributed by atoms with E-state index in [0.29, 0.717) is 10.8 Å². The molecule has 3 rings (SSSR count). The highest BCUT2D eigenvalue weighted by Crippen LogP contribution is 2.24. The van der Waals surface area contributed by atoms with Crippen LogP contribution in [0.25, 0.3) is 0 Å². The third-order valence-corrected chi connectivity index (χ3v) is 4.48. The molecule has 0 radical (unpaired) electrons.